The molecule has 0 heterocycles. The summed E-state index contributed by atoms with van der Waals surface area (Å²) in [6, 6.07) is 0.225. The van der Waals surface area contributed by atoms with Gasteiger partial charge in [-0.05, 0) is 45.4 Å². The molecule has 2 fully saturated rings. The molecule has 0 aromatic heterocycles. The van der Waals surface area contributed by atoms with Crippen LogP contribution in [0.4, 0.5) is 4.79 Å². The zero-order chi connectivity index (χ0) is 20.4. The van der Waals surface area contributed by atoms with E-state index >= 15 is 0 Å². The summed E-state index contributed by atoms with van der Waals surface area (Å²) in [5, 5.41) is 18.3. The van der Waals surface area contributed by atoms with Crippen molar-refractivity contribution in [3.8, 4) is 0 Å². The molecule has 2 aliphatic carbocycles. The third kappa shape index (κ3) is 7.32. The number of hydrogen-bond acceptors (Lipinski definition) is 3. The molecular weight excluding hydrogens is 358 g/mol. The van der Waals surface area contributed by atoms with Gasteiger partial charge in [-0.15, -0.1) is 0 Å². The first-order chi connectivity index (χ1) is 13.4. The molecule has 2 rings (SSSR count). The number of aliphatic carboxylic acids is 1. The Labute approximate surface area is 168 Å². The normalized spacial score (nSPS) is 25.7. The number of amides is 3. The summed E-state index contributed by atoms with van der Waals surface area (Å²) in [6.07, 6.45) is 11.8. The predicted molar refractivity (Wildman–Crippen MR) is 108 cm³/mol. The van der Waals surface area contributed by atoms with Gasteiger partial charge in [0.2, 0.25) is 5.91 Å². The number of hydrogen-bond donors (Lipinski definition) is 4. The maximum atomic E-state index is 12.3. The van der Waals surface area contributed by atoms with E-state index in [0.717, 1.165) is 51.4 Å². The van der Waals surface area contributed by atoms with Crippen LogP contribution in [0.1, 0.15) is 90.4 Å². The molecule has 3 amide bonds. The first-order valence-corrected chi connectivity index (χ1v) is 11.0. The van der Waals surface area contributed by atoms with Crippen molar-refractivity contribution in [3.63, 3.8) is 0 Å². The summed E-state index contributed by atoms with van der Waals surface area (Å²) in [5.41, 5.74) is -0.639. The minimum Gasteiger partial charge on any atom is -0.481 e. The van der Waals surface area contributed by atoms with Gasteiger partial charge in [0.05, 0.1) is 11.5 Å². The van der Waals surface area contributed by atoms with E-state index in [0.29, 0.717) is 25.4 Å². The Bertz CT molecular complexity index is 534. The van der Waals surface area contributed by atoms with Crippen LogP contribution >= 0.6 is 0 Å². The number of unbranched alkanes of at least 4 members (excludes halogenated alkanes) is 2. The largest absolute Gasteiger partial charge is 0.481 e. The average Bonchev–Trinajstić information content (AvgIpc) is 2.65. The highest BCUT2D eigenvalue weighted by atomic mass is 16.4. The molecule has 28 heavy (non-hydrogen) atoms. The van der Waals surface area contributed by atoms with Crippen LogP contribution in [0.3, 0.4) is 0 Å². The van der Waals surface area contributed by atoms with Gasteiger partial charge in [0, 0.05) is 19.0 Å². The summed E-state index contributed by atoms with van der Waals surface area (Å²) < 4.78 is 0. The molecule has 0 aromatic carbocycles. The van der Waals surface area contributed by atoms with Gasteiger partial charge in [0.1, 0.15) is 0 Å². The lowest BCUT2D eigenvalue weighted by Gasteiger charge is -2.39. The lowest BCUT2D eigenvalue weighted by Crippen LogP contribution is -2.55. The van der Waals surface area contributed by atoms with Crippen LogP contribution < -0.4 is 16.0 Å². The molecule has 0 aliphatic heterocycles. The summed E-state index contributed by atoms with van der Waals surface area (Å²) >= 11 is 0. The van der Waals surface area contributed by atoms with Crippen molar-refractivity contribution >= 4 is 17.9 Å². The second-order valence-corrected chi connectivity index (χ2v) is 8.65. The Balaban J connectivity index is 1.55. The zero-order valence-corrected chi connectivity index (χ0v) is 17.2. The fourth-order valence-corrected chi connectivity index (χ4v) is 4.53. The second kappa shape index (κ2) is 11.3. The standard InChI is InChI=1S/C21H37N3O4/c1-21(14-8-7-12-17(21)19(26)27)24-18(25)13-6-3-9-15-22-20(28)23-16-10-4-2-5-11-16/h16-17H,2-15H2,1H3,(H,24,25)(H,26,27)(H2,22,23,28). The van der Waals surface area contributed by atoms with Crippen LogP contribution in [0.2, 0.25) is 0 Å². The van der Waals surface area contributed by atoms with Gasteiger partial charge in [0.25, 0.3) is 0 Å². The number of carbonyl (C=O) groups excluding carboxylic acids is 2. The Morgan fingerprint density at radius 1 is 0.964 bits per heavy atom. The van der Waals surface area contributed by atoms with Gasteiger partial charge in [-0.1, -0.05) is 38.5 Å². The van der Waals surface area contributed by atoms with E-state index < -0.39 is 17.4 Å². The molecule has 0 saturated heterocycles. The highest BCUT2D eigenvalue weighted by molar-refractivity contribution is 5.79. The van der Waals surface area contributed by atoms with Crippen molar-refractivity contribution in [1.82, 2.24) is 16.0 Å². The van der Waals surface area contributed by atoms with Crippen molar-refractivity contribution in [2.24, 2.45) is 5.92 Å². The molecular formula is C21H37N3O4. The van der Waals surface area contributed by atoms with Crippen LogP contribution in [-0.4, -0.2) is 41.1 Å². The van der Waals surface area contributed by atoms with E-state index in [9.17, 15) is 19.5 Å². The molecule has 2 atom stereocenters. The van der Waals surface area contributed by atoms with Crippen LogP contribution in [0.25, 0.3) is 0 Å². The quantitative estimate of drug-likeness (QED) is 0.449. The minimum absolute atomic E-state index is 0.0707. The van der Waals surface area contributed by atoms with E-state index in [4.69, 9.17) is 0 Å². The molecule has 0 bridgehead atoms. The topological polar surface area (TPSA) is 108 Å². The molecule has 2 unspecified atom stereocenters. The van der Waals surface area contributed by atoms with E-state index in [1.807, 2.05) is 6.92 Å². The van der Waals surface area contributed by atoms with Crippen LogP contribution in [-0.2, 0) is 9.59 Å². The number of urea groups is 1. The fraction of sp³-hybridized carbons (Fsp3) is 0.857. The van der Waals surface area contributed by atoms with Crippen LogP contribution in [0.15, 0.2) is 0 Å². The van der Waals surface area contributed by atoms with Gasteiger partial charge < -0.3 is 21.1 Å². The monoisotopic (exact) mass is 395 g/mol. The first kappa shape index (κ1) is 22.5. The lowest BCUT2D eigenvalue weighted by molar-refractivity contribution is -0.146. The van der Waals surface area contributed by atoms with E-state index in [-0.39, 0.29) is 11.9 Å². The fourth-order valence-electron chi connectivity index (χ4n) is 4.53. The molecule has 2 saturated carbocycles. The number of nitrogens with one attached hydrogen (secondary N) is 3. The summed E-state index contributed by atoms with van der Waals surface area (Å²) in [6.45, 7) is 2.47. The predicted octanol–water partition coefficient (Wildman–Crippen LogP) is 3.33. The smallest absolute Gasteiger partial charge is 0.315 e. The van der Waals surface area contributed by atoms with Crippen molar-refractivity contribution in [2.75, 3.05) is 6.54 Å². The highest BCUT2D eigenvalue weighted by Gasteiger charge is 2.41. The number of rotatable bonds is 9. The Morgan fingerprint density at radius 2 is 1.68 bits per heavy atom. The molecule has 2 aliphatic rings. The van der Waals surface area contributed by atoms with Gasteiger partial charge in [-0.2, -0.15) is 0 Å². The Kier molecular flexibility index (Phi) is 9.06. The van der Waals surface area contributed by atoms with E-state index in [1.54, 1.807) is 0 Å². The van der Waals surface area contributed by atoms with Gasteiger partial charge in [-0.3, -0.25) is 9.59 Å². The van der Waals surface area contributed by atoms with Gasteiger partial charge in [0.15, 0.2) is 0 Å². The minimum atomic E-state index is -0.819. The molecule has 0 aromatic rings. The molecule has 7 nitrogen and oxygen atoms in total. The van der Waals surface area contributed by atoms with Crippen molar-refractivity contribution in [1.29, 1.82) is 0 Å². The third-order valence-corrected chi connectivity index (χ3v) is 6.24. The van der Waals surface area contributed by atoms with Crippen LogP contribution in [0.5, 0.6) is 0 Å². The van der Waals surface area contributed by atoms with E-state index in [1.165, 1.54) is 19.3 Å². The summed E-state index contributed by atoms with van der Waals surface area (Å²) in [5.74, 6) is -1.39. The molecule has 0 spiro atoms. The summed E-state index contributed by atoms with van der Waals surface area (Å²) in [7, 11) is 0. The first-order valence-electron chi connectivity index (χ1n) is 11.0. The zero-order valence-electron chi connectivity index (χ0n) is 17.2. The van der Waals surface area contributed by atoms with E-state index in [2.05, 4.69) is 16.0 Å². The molecule has 160 valence electrons. The molecule has 4 N–H and O–H groups in total. The Morgan fingerprint density at radius 3 is 2.39 bits per heavy atom. The highest BCUT2D eigenvalue weighted by Crippen LogP contribution is 2.34. The van der Waals surface area contributed by atoms with Gasteiger partial charge >= 0.3 is 12.0 Å². The SMILES string of the molecule is CC1(NC(=O)CCCCCNC(=O)NC2CCCCC2)CCCCC1C(=O)O. The second-order valence-electron chi connectivity index (χ2n) is 8.65. The molecule has 7 heteroatoms. The van der Waals surface area contributed by atoms with Crippen molar-refractivity contribution < 1.29 is 19.5 Å². The van der Waals surface area contributed by atoms with Crippen molar-refractivity contribution in [3.05, 3.63) is 0 Å². The maximum absolute atomic E-state index is 12.3. The van der Waals surface area contributed by atoms with Crippen molar-refractivity contribution in [2.45, 2.75) is 102 Å². The number of carboxylic acids is 1. The Hall–Kier alpha value is -1.79. The maximum Gasteiger partial charge on any atom is 0.315 e. The molecule has 0 radical (unpaired) electrons. The lowest BCUT2D eigenvalue weighted by atomic mass is 9.74. The number of carboxylic acid groups (broad SMARTS) is 1. The van der Waals surface area contributed by atoms with Gasteiger partial charge in [-0.25, -0.2) is 4.79 Å². The average molecular weight is 396 g/mol. The van der Waals surface area contributed by atoms with Crippen LogP contribution in [0, 0.1) is 5.92 Å². The number of carbonyl (C=O) groups is 3. The summed E-state index contributed by atoms with van der Waals surface area (Å²) in [4.78, 5) is 35.6. The third-order valence-electron chi connectivity index (χ3n) is 6.24.